The maximum absolute atomic E-state index is 5.43. The quantitative estimate of drug-likeness (QED) is 0.279. The van der Waals surface area contributed by atoms with E-state index in [0.29, 0.717) is 6.04 Å². The summed E-state index contributed by atoms with van der Waals surface area (Å²) in [5.41, 5.74) is 4.81. The van der Waals surface area contributed by atoms with Gasteiger partial charge in [0.15, 0.2) is 0 Å². The highest BCUT2D eigenvalue weighted by Crippen LogP contribution is 2.29. The molecule has 0 spiro atoms. The maximum atomic E-state index is 5.43. The van der Waals surface area contributed by atoms with Crippen molar-refractivity contribution in [2.75, 3.05) is 44.5 Å². The van der Waals surface area contributed by atoms with Gasteiger partial charge in [0.1, 0.15) is 11.6 Å². The Morgan fingerprint density at radius 1 is 1.03 bits per heavy atom. The Morgan fingerprint density at radius 3 is 2.61 bits per heavy atom. The number of methoxy groups -OCH3 is 1. The molecule has 7 nitrogen and oxygen atoms in total. The highest BCUT2D eigenvalue weighted by Gasteiger charge is 2.22. The molecule has 7 heteroatoms. The van der Waals surface area contributed by atoms with Gasteiger partial charge >= 0.3 is 0 Å². The molecule has 36 heavy (non-hydrogen) atoms. The van der Waals surface area contributed by atoms with Gasteiger partial charge in [0.2, 0.25) is 5.95 Å². The van der Waals surface area contributed by atoms with Gasteiger partial charge in [0.25, 0.3) is 0 Å². The lowest BCUT2D eigenvalue weighted by molar-refractivity contribution is 0.325. The summed E-state index contributed by atoms with van der Waals surface area (Å²) in [5.74, 6) is 3.34. The molecule has 1 aliphatic carbocycles. The molecule has 3 N–H and O–H groups in total. The smallest absolute Gasteiger partial charge is 0.225 e. The zero-order valence-corrected chi connectivity index (χ0v) is 21.9. The second-order valence-electron chi connectivity index (χ2n) is 10.2. The third kappa shape index (κ3) is 5.26. The van der Waals surface area contributed by atoms with E-state index in [1.165, 1.54) is 35.0 Å². The van der Waals surface area contributed by atoms with Crippen LogP contribution in [0.4, 0.5) is 11.8 Å². The molecule has 0 bridgehead atoms. The fourth-order valence-corrected chi connectivity index (χ4v) is 5.49. The van der Waals surface area contributed by atoms with Gasteiger partial charge in [-0.3, -0.25) is 0 Å². The molecule has 1 saturated carbocycles. The van der Waals surface area contributed by atoms with Gasteiger partial charge in [0, 0.05) is 42.1 Å². The Morgan fingerprint density at radius 2 is 1.83 bits per heavy atom. The van der Waals surface area contributed by atoms with E-state index in [1.54, 1.807) is 7.11 Å². The Kier molecular flexibility index (Phi) is 7.28. The third-order valence-corrected chi connectivity index (χ3v) is 7.50. The molecule has 2 aromatic carbocycles. The van der Waals surface area contributed by atoms with Gasteiger partial charge < -0.3 is 25.3 Å². The number of para-hydroxylation sites is 1. The van der Waals surface area contributed by atoms with E-state index in [1.807, 2.05) is 32.3 Å². The van der Waals surface area contributed by atoms with Gasteiger partial charge in [-0.2, -0.15) is 4.98 Å². The number of hydrogen-bond acceptors (Lipinski definition) is 6. The van der Waals surface area contributed by atoms with Crippen LogP contribution < -0.4 is 20.3 Å². The summed E-state index contributed by atoms with van der Waals surface area (Å²) < 4.78 is 5.43. The minimum Gasteiger partial charge on any atom is -0.497 e. The monoisotopic (exact) mass is 486 g/mol. The Hall–Kier alpha value is -3.32. The molecule has 1 fully saturated rings. The van der Waals surface area contributed by atoms with Crippen molar-refractivity contribution in [2.24, 2.45) is 5.92 Å². The molecule has 2 heterocycles. The third-order valence-electron chi connectivity index (χ3n) is 7.50. The number of nitrogens with one attached hydrogen (secondary N) is 3. The van der Waals surface area contributed by atoms with Crippen LogP contribution in [0.1, 0.15) is 36.9 Å². The lowest BCUT2D eigenvalue weighted by atomic mass is 9.86. The number of benzene rings is 2. The number of aromatic amines is 1. The van der Waals surface area contributed by atoms with E-state index < -0.39 is 0 Å². The second kappa shape index (κ2) is 10.7. The second-order valence-corrected chi connectivity index (χ2v) is 10.2. The summed E-state index contributed by atoms with van der Waals surface area (Å²) in [7, 11) is 5.79. The van der Waals surface area contributed by atoms with Gasteiger partial charge in [-0.1, -0.05) is 12.1 Å². The molecule has 0 atom stereocenters. The summed E-state index contributed by atoms with van der Waals surface area (Å²) in [6.45, 7) is 4.23. The van der Waals surface area contributed by atoms with Crippen molar-refractivity contribution >= 4 is 33.6 Å². The van der Waals surface area contributed by atoms with Crippen molar-refractivity contribution in [1.29, 1.82) is 0 Å². The molecule has 190 valence electrons. The van der Waals surface area contributed by atoms with E-state index in [-0.39, 0.29) is 0 Å². The van der Waals surface area contributed by atoms with E-state index >= 15 is 0 Å². The first-order valence-electron chi connectivity index (χ1n) is 13.1. The summed E-state index contributed by atoms with van der Waals surface area (Å²) in [5, 5.41) is 9.71. The first kappa shape index (κ1) is 24.4. The van der Waals surface area contributed by atoms with E-state index in [4.69, 9.17) is 14.7 Å². The number of nitrogens with zero attached hydrogens (tertiary/aromatic N) is 3. The topological polar surface area (TPSA) is 78.1 Å². The SMILES string of the molecule is COc1ccc2[nH]c(C)c(CCNCC3CCC(Nc4nc(N(C)C)c5ccccc5n4)CC3)c2c1. The lowest BCUT2D eigenvalue weighted by Gasteiger charge is -2.29. The number of ether oxygens (including phenoxy) is 1. The number of anilines is 2. The van der Waals surface area contributed by atoms with Gasteiger partial charge in [0.05, 0.1) is 12.6 Å². The number of aryl methyl sites for hydroxylation is 1. The van der Waals surface area contributed by atoms with Crippen LogP contribution in [0.5, 0.6) is 5.75 Å². The van der Waals surface area contributed by atoms with Crippen molar-refractivity contribution in [1.82, 2.24) is 20.3 Å². The lowest BCUT2D eigenvalue weighted by Crippen LogP contribution is -2.32. The van der Waals surface area contributed by atoms with Crippen molar-refractivity contribution in [3.05, 3.63) is 53.7 Å². The van der Waals surface area contributed by atoms with Gasteiger partial charge in [-0.05, 0) is 93.9 Å². The van der Waals surface area contributed by atoms with Crippen molar-refractivity contribution in [2.45, 2.75) is 45.1 Å². The number of fused-ring (bicyclic) bond motifs is 2. The average molecular weight is 487 g/mol. The Labute approximate surface area is 213 Å². The van der Waals surface area contributed by atoms with Crippen LogP contribution >= 0.6 is 0 Å². The summed E-state index contributed by atoms with van der Waals surface area (Å²) in [4.78, 5) is 15.2. The standard InChI is InChI=1S/C29H38N6O/c1-19-23(25-17-22(36-4)13-14-27(25)31-19)15-16-30-18-20-9-11-21(12-10-20)32-29-33-26-8-6-5-7-24(26)28(34-29)35(2)3/h5-8,13-14,17,20-21,30-31H,9-12,15-16,18H2,1-4H3,(H,32,33,34). The highest BCUT2D eigenvalue weighted by molar-refractivity contribution is 5.90. The van der Waals surface area contributed by atoms with Crippen LogP contribution in [-0.4, -0.2) is 55.3 Å². The summed E-state index contributed by atoms with van der Waals surface area (Å²) in [6.07, 6.45) is 5.77. The van der Waals surface area contributed by atoms with Crippen LogP contribution in [-0.2, 0) is 6.42 Å². The number of aromatic nitrogens is 3. The molecule has 0 saturated heterocycles. The predicted octanol–water partition coefficient (Wildman–Crippen LogP) is 5.30. The number of hydrogen-bond donors (Lipinski definition) is 3. The largest absolute Gasteiger partial charge is 0.497 e. The molecule has 0 aliphatic heterocycles. The molecular weight excluding hydrogens is 448 g/mol. The van der Waals surface area contributed by atoms with Crippen molar-refractivity contribution < 1.29 is 4.74 Å². The fraction of sp³-hybridized carbons (Fsp3) is 0.448. The van der Waals surface area contributed by atoms with E-state index in [9.17, 15) is 0 Å². The molecule has 4 aromatic rings. The van der Waals surface area contributed by atoms with E-state index in [2.05, 4.69) is 51.7 Å². The van der Waals surface area contributed by atoms with Gasteiger partial charge in [-0.25, -0.2) is 4.98 Å². The van der Waals surface area contributed by atoms with E-state index in [0.717, 1.165) is 66.7 Å². The van der Waals surface area contributed by atoms with Crippen LogP contribution in [0, 0.1) is 12.8 Å². The minimum absolute atomic E-state index is 0.432. The number of H-pyrrole nitrogens is 1. The van der Waals surface area contributed by atoms with Crippen LogP contribution in [0.15, 0.2) is 42.5 Å². The van der Waals surface area contributed by atoms with Crippen LogP contribution in [0.3, 0.4) is 0 Å². The molecule has 1 aliphatic rings. The number of rotatable bonds is 9. The molecule has 2 aromatic heterocycles. The first-order chi connectivity index (χ1) is 17.5. The fourth-order valence-electron chi connectivity index (χ4n) is 5.49. The zero-order chi connectivity index (χ0) is 25.1. The van der Waals surface area contributed by atoms with Crippen LogP contribution in [0.25, 0.3) is 21.8 Å². The Balaban J connectivity index is 1.11. The Bertz CT molecular complexity index is 1320. The van der Waals surface area contributed by atoms with Gasteiger partial charge in [-0.15, -0.1) is 0 Å². The minimum atomic E-state index is 0.432. The van der Waals surface area contributed by atoms with Crippen molar-refractivity contribution in [3.8, 4) is 5.75 Å². The molecular formula is C29H38N6O. The van der Waals surface area contributed by atoms with Crippen molar-refractivity contribution in [3.63, 3.8) is 0 Å². The highest BCUT2D eigenvalue weighted by atomic mass is 16.5. The summed E-state index contributed by atoms with van der Waals surface area (Å²) in [6, 6.07) is 14.9. The normalized spacial score (nSPS) is 18.0. The average Bonchev–Trinajstić information content (AvgIpc) is 3.20. The molecule has 0 unspecified atom stereocenters. The summed E-state index contributed by atoms with van der Waals surface area (Å²) >= 11 is 0. The molecule has 0 amide bonds. The maximum Gasteiger partial charge on any atom is 0.225 e. The van der Waals surface area contributed by atoms with Crippen LogP contribution in [0.2, 0.25) is 0 Å². The molecule has 0 radical (unpaired) electrons. The predicted molar refractivity (Wildman–Crippen MR) is 149 cm³/mol. The molecule has 5 rings (SSSR count). The zero-order valence-electron chi connectivity index (χ0n) is 21.9. The first-order valence-corrected chi connectivity index (χ1v) is 13.1.